The monoisotopic (exact) mass is 618 g/mol. The lowest BCUT2D eigenvalue weighted by Gasteiger charge is -2.31. The van der Waals surface area contributed by atoms with Crippen LogP contribution in [-0.2, 0) is 15.8 Å². The van der Waals surface area contributed by atoms with Crippen LogP contribution in [0.4, 0.5) is 17.6 Å². The summed E-state index contributed by atoms with van der Waals surface area (Å²) in [6, 6.07) is 8.09. The molecule has 1 aliphatic rings. The van der Waals surface area contributed by atoms with Crippen LogP contribution in [0.15, 0.2) is 48.7 Å². The van der Waals surface area contributed by atoms with Gasteiger partial charge in [-0.2, -0.15) is 13.2 Å². The van der Waals surface area contributed by atoms with Crippen LogP contribution in [0.2, 0.25) is 5.02 Å². The van der Waals surface area contributed by atoms with Crippen LogP contribution in [0.5, 0.6) is 11.5 Å². The van der Waals surface area contributed by atoms with Gasteiger partial charge in [0.2, 0.25) is 11.5 Å². The number of fused-ring (bicyclic) bond motifs is 2. The molecule has 1 aliphatic heterocycles. The maximum atomic E-state index is 14.6. The van der Waals surface area contributed by atoms with Crippen molar-refractivity contribution < 1.29 is 42.1 Å². The lowest BCUT2D eigenvalue weighted by Crippen LogP contribution is -2.51. The van der Waals surface area contributed by atoms with E-state index in [1.54, 1.807) is 13.0 Å². The van der Waals surface area contributed by atoms with Gasteiger partial charge in [-0.25, -0.2) is 9.37 Å². The number of hydrogen-bond acceptors (Lipinski definition) is 7. The smallest absolute Gasteiger partial charge is 0.424 e. The summed E-state index contributed by atoms with van der Waals surface area (Å²) >= 11 is 5.91. The molecule has 2 aromatic carbocycles. The van der Waals surface area contributed by atoms with Crippen molar-refractivity contribution in [2.45, 2.75) is 31.0 Å². The molecule has 5 rings (SSSR count). The summed E-state index contributed by atoms with van der Waals surface area (Å²) < 4.78 is 63.4. The molecule has 14 heteroatoms. The minimum Gasteiger partial charge on any atom is -0.506 e. The zero-order valence-corrected chi connectivity index (χ0v) is 23.3. The van der Waals surface area contributed by atoms with Gasteiger partial charge in [0.25, 0.3) is 5.91 Å². The average molecular weight is 619 g/mol. The fraction of sp³-hybridized carbons (Fsp3) is 0.241. The van der Waals surface area contributed by atoms with E-state index in [4.69, 9.17) is 22.1 Å². The second kappa shape index (κ2) is 10.3. The molecule has 0 unspecified atom stereocenters. The van der Waals surface area contributed by atoms with E-state index in [1.165, 1.54) is 25.3 Å². The Morgan fingerprint density at radius 2 is 1.91 bits per heavy atom. The lowest BCUT2D eigenvalue weighted by molar-refractivity contribution is -0.265. The molecule has 43 heavy (non-hydrogen) atoms. The maximum Gasteiger partial charge on any atom is 0.424 e. The number of halogens is 5. The number of aromatic nitrogens is 2. The third-order valence-corrected chi connectivity index (χ3v) is 7.66. The zero-order valence-electron chi connectivity index (χ0n) is 22.5. The Kier molecular flexibility index (Phi) is 7.22. The summed E-state index contributed by atoms with van der Waals surface area (Å²) in [5, 5.41) is 23.6. The number of hydrogen-bond donors (Lipinski definition) is 4. The second-order valence-electron chi connectivity index (χ2n) is 10.5. The number of aryl methyl sites for hydroxylation is 1. The number of benzene rings is 2. The number of primary amides is 1. The quantitative estimate of drug-likeness (QED) is 0.234. The Labute approximate surface area is 246 Å². The van der Waals surface area contributed by atoms with Crippen LogP contribution >= 0.6 is 11.6 Å². The molecule has 0 saturated carbocycles. The van der Waals surface area contributed by atoms with E-state index < -0.39 is 47.1 Å². The number of carbonyl (C=O) groups is 2. The first-order valence-electron chi connectivity index (χ1n) is 12.7. The number of pyridine rings is 2. The van der Waals surface area contributed by atoms with Gasteiger partial charge in [0.1, 0.15) is 40.5 Å². The van der Waals surface area contributed by atoms with Crippen LogP contribution in [0.1, 0.15) is 34.1 Å². The van der Waals surface area contributed by atoms with Gasteiger partial charge in [0.15, 0.2) is 0 Å². The van der Waals surface area contributed by atoms with E-state index in [1.807, 2.05) is 0 Å². The predicted octanol–water partition coefficient (Wildman–Crippen LogP) is 4.42. The van der Waals surface area contributed by atoms with E-state index in [2.05, 4.69) is 15.3 Å². The number of nitrogens with zero attached hydrogens (tertiary/aromatic N) is 2. The van der Waals surface area contributed by atoms with Gasteiger partial charge in [-0.1, -0.05) is 11.6 Å². The maximum absolute atomic E-state index is 14.6. The summed E-state index contributed by atoms with van der Waals surface area (Å²) in [7, 11) is 0. The minimum absolute atomic E-state index is 0.0299. The van der Waals surface area contributed by atoms with Crippen LogP contribution in [-0.4, -0.2) is 51.3 Å². The third kappa shape index (κ3) is 5.08. The summed E-state index contributed by atoms with van der Waals surface area (Å²) in [5.41, 5.74) is -0.468. The Morgan fingerprint density at radius 3 is 2.56 bits per heavy atom. The van der Waals surface area contributed by atoms with Crippen molar-refractivity contribution in [3.8, 4) is 22.8 Å². The Bertz CT molecular complexity index is 1820. The number of amides is 2. The fourth-order valence-corrected chi connectivity index (χ4v) is 4.94. The number of carbonyl (C=O) groups excluding carboxylic acids is 2. The molecule has 2 amide bonds. The first-order valence-corrected chi connectivity index (χ1v) is 13.0. The molecule has 0 bridgehead atoms. The van der Waals surface area contributed by atoms with Crippen LogP contribution in [0, 0.1) is 12.7 Å². The first-order chi connectivity index (χ1) is 20.0. The van der Waals surface area contributed by atoms with Crippen molar-refractivity contribution >= 4 is 34.3 Å². The third-order valence-electron chi connectivity index (χ3n) is 7.37. The highest BCUT2D eigenvalue weighted by atomic mass is 35.5. The highest BCUT2D eigenvalue weighted by Gasteiger charge is 2.57. The first kappa shape index (κ1) is 30.0. The van der Waals surface area contributed by atoms with Gasteiger partial charge in [0.05, 0.1) is 17.3 Å². The molecule has 5 N–H and O–H groups in total. The molecule has 3 heterocycles. The number of aromatic hydroxyl groups is 1. The number of aliphatic hydroxyl groups is 1. The molecule has 224 valence electrons. The summed E-state index contributed by atoms with van der Waals surface area (Å²) in [5.74, 6) is -3.24. The molecule has 0 saturated heterocycles. The summed E-state index contributed by atoms with van der Waals surface area (Å²) in [6.07, 6.45) is -3.91. The van der Waals surface area contributed by atoms with E-state index in [9.17, 15) is 37.4 Å². The number of phenolic OH excluding ortho intramolecular Hbond substituents is 1. The Morgan fingerprint density at radius 1 is 1.19 bits per heavy atom. The predicted molar refractivity (Wildman–Crippen MR) is 147 cm³/mol. The molecule has 2 atom stereocenters. The Hall–Kier alpha value is -4.49. The van der Waals surface area contributed by atoms with E-state index in [0.29, 0.717) is 10.9 Å². The van der Waals surface area contributed by atoms with Gasteiger partial charge >= 0.3 is 6.18 Å². The number of nitrogens with two attached hydrogens (primary N) is 1. The summed E-state index contributed by atoms with van der Waals surface area (Å²) in [4.78, 5) is 33.5. The number of ether oxygens (including phenoxy) is 1. The van der Waals surface area contributed by atoms with E-state index in [0.717, 1.165) is 24.3 Å². The van der Waals surface area contributed by atoms with Crippen molar-refractivity contribution in [3.63, 3.8) is 0 Å². The Balaban J connectivity index is 1.60. The number of rotatable bonds is 6. The molecule has 2 aromatic heterocycles. The minimum atomic E-state index is -5.41. The largest absolute Gasteiger partial charge is 0.506 e. The number of nitrogens with one attached hydrogen (secondary N) is 1. The fourth-order valence-electron chi connectivity index (χ4n) is 4.76. The van der Waals surface area contributed by atoms with Gasteiger partial charge in [-0.05, 0) is 61.9 Å². The van der Waals surface area contributed by atoms with E-state index >= 15 is 0 Å². The molecular formula is C29H23ClF4N4O5. The van der Waals surface area contributed by atoms with Crippen molar-refractivity contribution in [1.82, 2.24) is 15.3 Å². The highest BCUT2D eigenvalue weighted by Crippen LogP contribution is 2.48. The van der Waals surface area contributed by atoms with Gasteiger partial charge in [-0.15, -0.1) is 0 Å². The molecule has 4 aromatic rings. The number of phenols is 1. The molecular weight excluding hydrogens is 596 g/mol. The average Bonchev–Trinajstić information content (AvgIpc) is 3.29. The van der Waals surface area contributed by atoms with Gasteiger partial charge < -0.3 is 26.0 Å². The molecule has 0 spiro atoms. The molecule has 9 nitrogen and oxygen atoms in total. The highest BCUT2D eigenvalue weighted by molar-refractivity contribution is 6.31. The molecule has 0 fully saturated rings. The number of alkyl halides is 3. The lowest BCUT2D eigenvalue weighted by atomic mass is 9.81. The zero-order chi connectivity index (χ0) is 31.5. The van der Waals surface area contributed by atoms with Crippen molar-refractivity contribution in [2.24, 2.45) is 5.73 Å². The van der Waals surface area contributed by atoms with Gasteiger partial charge in [0, 0.05) is 28.3 Å². The van der Waals surface area contributed by atoms with Crippen molar-refractivity contribution in [2.75, 3.05) is 13.2 Å². The van der Waals surface area contributed by atoms with Crippen LogP contribution < -0.4 is 15.8 Å². The standard InChI is InChI=1S/C29H23ClF4N4O5/c1-13-5-15-6-16(8-20(39)22(15)36-10-13)25(40)37-11-28(42,29(32,33)34)21-9-17-24(43-12-27(17,2)26(35)41)23(38-21)14-3-4-19(31)18(30)7-14/h3-10,39,42H,11-12H2,1-2H3,(H2,35,41)(H,37,40)/t27-,28-/m0/s1. The van der Waals surface area contributed by atoms with Crippen LogP contribution in [0.3, 0.4) is 0 Å². The molecule has 0 aliphatic carbocycles. The van der Waals surface area contributed by atoms with Gasteiger partial charge in [-0.3, -0.25) is 14.6 Å². The summed E-state index contributed by atoms with van der Waals surface area (Å²) in [6.45, 7) is 1.32. The van der Waals surface area contributed by atoms with Crippen LogP contribution in [0.25, 0.3) is 22.2 Å². The topological polar surface area (TPSA) is 148 Å². The SMILES string of the molecule is Cc1cnc2c(O)cc(C(=O)NC[C@](O)(c3cc4c(c(-c5ccc(F)c(Cl)c5)n3)OC[C@]4(C)C(N)=O)C(F)(F)F)cc2c1. The van der Waals surface area contributed by atoms with Crippen molar-refractivity contribution in [3.05, 3.63) is 81.9 Å². The normalized spacial score (nSPS) is 17.7. The second-order valence-corrected chi connectivity index (χ2v) is 10.9. The van der Waals surface area contributed by atoms with Crippen molar-refractivity contribution in [1.29, 1.82) is 0 Å². The molecule has 0 radical (unpaired) electrons. The van der Waals surface area contributed by atoms with E-state index in [-0.39, 0.29) is 51.0 Å².